The summed E-state index contributed by atoms with van der Waals surface area (Å²) < 4.78 is 10.2. The predicted octanol–water partition coefficient (Wildman–Crippen LogP) is 2.96. The Morgan fingerprint density at radius 1 is 1.35 bits per heavy atom. The summed E-state index contributed by atoms with van der Waals surface area (Å²) in [4.78, 5) is 12.0. The Hall–Kier alpha value is -1.17. The van der Waals surface area contributed by atoms with Crippen molar-refractivity contribution in [3.63, 3.8) is 0 Å². The normalized spacial score (nSPS) is 45.7. The number of fused-ring (bicyclic) bond motifs is 1. The molecule has 5 heteroatoms. The molecule has 1 aliphatic heterocycles. The molecule has 0 spiro atoms. The first-order valence-corrected chi connectivity index (χ1v) is 9.64. The van der Waals surface area contributed by atoms with Crippen LogP contribution in [-0.2, 0) is 14.3 Å². The first kappa shape index (κ1) is 19.6. The summed E-state index contributed by atoms with van der Waals surface area (Å²) in [5.74, 6) is -0.116. The van der Waals surface area contributed by atoms with Gasteiger partial charge in [-0.1, -0.05) is 32.4 Å². The minimum atomic E-state index is -0.779. The molecule has 0 radical (unpaired) electrons. The van der Waals surface area contributed by atoms with E-state index in [0.717, 1.165) is 24.8 Å². The number of methoxy groups -OCH3 is 1. The molecule has 26 heavy (non-hydrogen) atoms. The summed E-state index contributed by atoms with van der Waals surface area (Å²) in [5, 5.41) is 21.7. The van der Waals surface area contributed by atoms with Crippen LogP contribution < -0.4 is 0 Å². The van der Waals surface area contributed by atoms with Crippen LogP contribution in [0.25, 0.3) is 0 Å². The maximum absolute atomic E-state index is 12.0. The highest BCUT2D eigenvalue weighted by atomic mass is 16.7. The molecule has 5 nitrogen and oxygen atoms in total. The number of carbonyl (C=O) groups is 1. The quantitative estimate of drug-likeness (QED) is 0.592. The molecular formula is C21H32O5. The van der Waals surface area contributed by atoms with Crippen LogP contribution in [0.3, 0.4) is 0 Å². The van der Waals surface area contributed by atoms with Gasteiger partial charge in [0.05, 0.1) is 12.2 Å². The lowest BCUT2D eigenvalue weighted by molar-refractivity contribution is -0.190. The zero-order chi connectivity index (χ0) is 19.3. The van der Waals surface area contributed by atoms with Gasteiger partial charge in [0, 0.05) is 18.1 Å². The van der Waals surface area contributed by atoms with Crippen LogP contribution in [0.1, 0.15) is 53.4 Å². The van der Waals surface area contributed by atoms with Gasteiger partial charge in [-0.25, -0.2) is 4.79 Å². The van der Waals surface area contributed by atoms with Crippen LogP contribution in [0.5, 0.6) is 0 Å². The van der Waals surface area contributed by atoms with Gasteiger partial charge in [0.25, 0.3) is 0 Å². The number of aliphatic hydroxyl groups excluding tert-OH is 2. The highest BCUT2D eigenvalue weighted by Gasteiger charge is 2.60. The zero-order valence-corrected chi connectivity index (χ0v) is 16.5. The molecule has 0 aromatic carbocycles. The molecule has 1 saturated carbocycles. The van der Waals surface area contributed by atoms with E-state index in [2.05, 4.69) is 26.8 Å². The number of hydrogen-bond donors (Lipinski definition) is 2. The van der Waals surface area contributed by atoms with Gasteiger partial charge in [-0.3, -0.25) is 0 Å². The molecule has 1 heterocycles. The van der Waals surface area contributed by atoms with Crippen LogP contribution in [-0.4, -0.2) is 41.8 Å². The molecular weight excluding hydrogens is 332 g/mol. The largest absolute Gasteiger partial charge is 0.429 e. The fraction of sp³-hybridized carbons (Fsp3) is 0.762. The Balaban J connectivity index is 1.89. The van der Waals surface area contributed by atoms with E-state index in [-0.39, 0.29) is 23.2 Å². The highest BCUT2D eigenvalue weighted by Crippen LogP contribution is 2.62. The second-order valence-corrected chi connectivity index (χ2v) is 8.73. The third kappa shape index (κ3) is 2.76. The van der Waals surface area contributed by atoms with Gasteiger partial charge in [0.15, 0.2) is 0 Å². The molecule has 0 saturated heterocycles. The van der Waals surface area contributed by atoms with Gasteiger partial charge >= 0.3 is 5.97 Å². The van der Waals surface area contributed by atoms with Crippen LogP contribution in [0.4, 0.5) is 0 Å². The number of ether oxygens (including phenoxy) is 2. The summed E-state index contributed by atoms with van der Waals surface area (Å²) in [7, 11) is 1.52. The van der Waals surface area contributed by atoms with Crippen molar-refractivity contribution in [2.45, 2.75) is 71.9 Å². The number of cyclic esters (lactones) is 1. The van der Waals surface area contributed by atoms with Gasteiger partial charge in [0.1, 0.15) is 0 Å². The zero-order valence-electron chi connectivity index (χ0n) is 16.5. The number of rotatable bonds is 4. The van der Waals surface area contributed by atoms with Crippen molar-refractivity contribution in [3.8, 4) is 0 Å². The Morgan fingerprint density at radius 3 is 2.65 bits per heavy atom. The Morgan fingerprint density at radius 2 is 2.04 bits per heavy atom. The van der Waals surface area contributed by atoms with Crippen molar-refractivity contribution in [1.82, 2.24) is 0 Å². The van der Waals surface area contributed by atoms with E-state index in [1.165, 1.54) is 7.11 Å². The number of esters is 1. The van der Waals surface area contributed by atoms with Crippen molar-refractivity contribution >= 4 is 5.97 Å². The molecule has 1 fully saturated rings. The molecule has 0 bridgehead atoms. The molecule has 7 unspecified atom stereocenters. The topological polar surface area (TPSA) is 76.0 Å². The summed E-state index contributed by atoms with van der Waals surface area (Å²) in [6.07, 6.45) is 5.15. The fourth-order valence-electron chi connectivity index (χ4n) is 5.61. The highest BCUT2D eigenvalue weighted by molar-refractivity contribution is 5.90. The monoisotopic (exact) mass is 364 g/mol. The van der Waals surface area contributed by atoms with E-state index in [4.69, 9.17) is 9.47 Å². The van der Waals surface area contributed by atoms with Crippen molar-refractivity contribution in [2.75, 3.05) is 7.11 Å². The Kier molecular flexibility index (Phi) is 5.10. The minimum absolute atomic E-state index is 0.0577. The minimum Gasteiger partial charge on any atom is -0.429 e. The van der Waals surface area contributed by atoms with E-state index in [0.29, 0.717) is 12.0 Å². The van der Waals surface area contributed by atoms with E-state index < -0.39 is 23.9 Å². The molecule has 7 atom stereocenters. The molecule has 2 N–H and O–H groups in total. The van der Waals surface area contributed by atoms with Crippen LogP contribution >= 0.6 is 0 Å². The maximum Gasteiger partial charge on any atom is 0.336 e. The number of carbonyl (C=O) groups excluding carboxylic acids is 1. The second kappa shape index (κ2) is 6.77. The lowest BCUT2D eigenvalue weighted by Gasteiger charge is -2.61. The Bertz CT molecular complexity index is 638. The molecule has 146 valence electrons. The van der Waals surface area contributed by atoms with Gasteiger partial charge in [0.2, 0.25) is 6.29 Å². The van der Waals surface area contributed by atoms with Gasteiger partial charge in [-0.2, -0.15) is 0 Å². The summed E-state index contributed by atoms with van der Waals surface area (Å²) in [5.41, 5.74) is 1.20. The lowest BCUT2D eigenvalue weighted by Crippen LogP contribution is -2.63. The maximum atomic E-state index is 12.0. The average molecular weight is 364 g/mol. The number of hydrogen-bond acceptors (Lipinski definition) is 5. The molecule has 0 aromatic rings. The van der Waals surface area contributed by atoms with Crippen molar-refractivity contribution in [3.05, 3.63) is 23.3 Å². The third-order valence-electron chi connectivity index (χ3n) is 7.75. The first-order valence-electron chi connectivity index (χ1n) is 9.64. The number of allylic oxidation sites excluding steroid dienone is 1. The molecule has 3 aliphatic rings. The van der Waals surface area contributed by atoms with Crippen molar-refractivity contribution in [2.24, 2.45) is 22.7 Å². The lowest BCUT2D eigenvalue weighted by atomic mass is 9.45. The Labute approximate surface area is 156 Å². The van der Waals surface area contributed by atoms with E-state index in [1.807, 2.05) is 6.92 Å². The fourth-order valence-corrected chi connectivity index (χ4v) is 5.61. The van der Waals surface area contributed by atoms with Crippen LogP contribution in [0, 0.1) is 22.7 Å². The van der Waals surface area contributed by atoms with Crippen molar-refractivity contribution < 1.29 is 24.5 Å². The average Bonchev–Trinajstić information content (AvgIpc) is 2.99. The SMILES string of the molecule is COC1C=C(CCC2(C)C(C)C(O)C(O)C3(C)C(C)=CCCC23)C(=O)O1. The smallest absolute Gasteiger partial charge is 0.336 e. The molecule has 2 aliphatic carbocycles. The second-order valence-electron chi connectivity index (χ2n) is 8.73. The van der Waals surface area contributed by atoms with E-state index in [9.17, 15) is 15.0 Å². The number of aliphatic hydroxyl groups is 2. The molecule has 0 aromatic heterocycles. The predicted molar refractivity (Wildman–Crippen MR) is 98.1 cm³/mol. The summed E-state index contributed by atoms with van der Waals surface area (Å²) in [6, 6.07) is 0. The summed E-state index contributed by atoms with van der Waals surface area (Å²) >= 11 is 0. The summed E-state index contributed by atoms with van der Waals surface area (Å²) in [6.45, 7) is 8.40. The standard InChI is InChI=1S/C21H32O5/c1-12-7-6-8-15-20(3,13(2)17(22)18(23)21(12,15)4)10-9-14-11-16(25-5)26-19(14)24/h7,11,13,15-18,22-23H,6,8-10H2,1-5H3. The third-order valence-corrected chi connectivity index (χ3v) is 7.75. The molecule has 3 rings (SSSR count). The van der Waals surface area contributed by atoms with Gasteiger partial charge in [-0.15, -0.1) is 0 Å². The van der Waals surface area contributed by atoms with Crippen LogP contribution in [0.15, 0.2) is 23.3 Å². The first-order chi connectivity index (χ1) is 12.2. The van der Waals surface area contributed by atoms with E-state index >= 15 is 0 Å². The van der Waals surface area contributed by atoms with Gasteiger partial charge in [-0.05, 0) is 55.9 Å². The van der Waals surface area contributed by atoms with Crippen LogP contribution in [0.2, 0.25) is 0 Å². The van der Waals surface area contributed by atoms with Gasteiger partial charge < -0.3 is 19.7 Å². The van der Waals surface area contributed by atoms with E-state index in [1.54, 1.807) is 6.08 Å². The van der Waals surface area contributed by atoms with Crippen molar-refractivity contribution in [1.29, 1.82) is 0 Å². The molecule has 0 amide bonds.